The van der Waals surface area contributed by atoms with E-state index in [1.807, 2.05) is 6.20 Å². The van der Waals surface area contributed by atoms with Crippen LogP contribution in [0.2, 0.25) is 0 Å². The number of aromatic nitrogens is 2. The molecule has 18 heavy (non-hydrogen) atoms. The largest absolute Gasteiger partial charge is 0.359 e. The summed E-state index contributed by atoms with van der Waals surface area (Å²) in [6.45, 7) is 6.29. The zero-order valence-electron chi connectivity index (χ0n) is 10.5. The Labute approximate surface area is 109 Å². The van der Waals surface area contributed by atoms with Gasteiger partial charge in [0.05, 0.1) is 0 Å². The van der Waals surface area contributed by atoms with Gasteiger partial charge < -0.3 is 10.2 Å². The van der Waals surface area contributed by atoms with Crippen molar-refractivity contribution in [2.75, 3.05) is 18.0 Å². The fraction of sp³-hybridized carbons (Fsp3) is 0.500. The Hall–Kier alpha value is -1.40. The van der Waals surface area contributed by atoms with E-state index in [0.717, 1.165) is 23.1 Å². The molecule has 1 N–H and O–H groups in total. The molecule has 0 aliphatic carbocycles. The summed E-state index contributed by atoms with van der Waals surface area (Å²) in [5, 5.41) is 4.62. The Balaban J connectivity index is 1.99. The van der Waals surface area contributed by atoms with E-state index in [-0.39, 0.29) is 5.56 Å². The molecular formula is C12H16N4OS. The molecule has 1 fully saturated rings. The standard InChI is InChI=1S/C12H16N4OS/c1-8-5-15(6-9(2)14-8)11-7-16-10(17)3-4-13-12(16)18-11/h3-4,7-9,14H,5-6H2,1-2H3. The van der Waals surface area contributed by atoms with Gasteiger partial charge in [-0.25, -0.2) is 4.98 Å². The van der Waals surface area contributed by atoms with Gasteiger partial charge in [-0.1, -0.05) is 11.3 Å². The summed E-state index contributed by atoms with van der Waals surface area (Å²) in [6, 6.07) is 2.42. The van der Waals surface area contributed by atoms with E-state index in [0.29, 0.717) is 12.1 Å². The van der Waals surface area contributed by atoms with E-state index >= 15 is 0 Å². The lowest BCUT2D eigenvalue weighted by atomic mass is 10.1. The topological polar surface area (TPSA) is 49.6 Å². The second-order valence-corrected chi connectivity index (χ2v) is 5.87. The zero-order chi connectivity index (χ0) is 12.7. The van der Waals surface area contributed by atoms with Crippen LogP contribution < -0.4 is 15.8 Å². The summed E-state index contributed by atoms with van der Waals surface area (Å²) in [7, 11) is 0. The lowest BCUT2D eigenvalue weighted by molar-refractivity contribution is 0.408. The quantitative estimate of drug-likeness (QED) is 0.833. The molecule has 6 heteroatoms. The van der Waals surface area contributed by atoms with Crippen molar-refractivity contribution < 1.29 is 0 Å². The van der Waals surface area contributed by atoms with Gasteiger partial charge in [0, 0.05) is 43.6 Å². The van der Waals surface area contributed by atoms with Crippen molar-refractivity contribution in [3.63, 3.8) is 0 Å². The SMILES string of the molecule is CC1CN(c2cn3c(=O)ccnc3s2)CC(C)N1. The summed E-state index contributed by atoms with van der Waals surface area (Å²) in [5.41, 5.74) is -0.0151. The van der Waals surface area contributed by atoms with Gasteiger partial charge in [-0.2, -0.15) is 0 Å². The average Bonchev–Trinajstić information content (AvgIpc) is 2.73. The van der Waals surface area contributed by atoms with E-state index in [1.54, 1.807) is 21.9 Å². The van der Waals surface area contributed by atoms with E-state index in [1.165, 1.54) is 6.07 Å². The van der Waals surface area contributed by atoms with Gasteiger partial charge in [0.1, 0.15) is 5.00 Å². The number of hydrogen-bond acceptors (Lipinski definition) is 5. The molecule has 0 amide bonds. The summed E-state index contributed by atoms with van der Waals surface area (Å²) >= 11 is 1.57. The first-order chi connectivity index (χ1) is 8.63. The van der Waals surface area contributed by atoms with Crippen LogP contribution in [0, 0.1) is 0 Å². The number of anilines is 1. The zero-order valence-corrected chi connectivity index (χ0v) is 11.3. The highest BCUT2D eigenvalue weighted by Crippen LogP contribution is 2.26. The predicted octanol–water partition coefficient (Wildman–Crippen LogP) is 0.943. The lowest BCUT2D eigenvalue weighted by Gasteiger charge is -2.36. The normalized spacial score (nSPS) is 24.7. The van der Waals surface area contributed by atoms with Crippen molar-refractivity contribution in [2.24, 2.45) is 0 Å². The third-order valence-corrected chi connectivity index (χ3v) is 4.21. The highest BCUT2D eigenvalue weighted by atomic mass is 32.1. The van der Waals surface area contributed by atoms with Crippen LogP contribution in [-0.2, 0) is 0 Å². The van der Waals surface area contributed by atoms with Gasteiger partial charge >= 0.3 is 0 Å². The fourth-order valence-corrected chi connectivity index (χ4v) is 3.46. The lowest BCUT2D eigenvalue weighted by Crippen LogP contribution is -2.54. The number of hydrogen-bond donors (Lipinski definition) is 1. The Morgan fingerprint density at radius 2 is 2.11 bits per heavy atom. The van der Waals surface area contributed by atoms with Crippen molar-refractivity contribution in [3.05, 3.63) is 28.8 Å². The first-order valence-corrected chi connectivity index (χ1v) is 6.93. The van der Waals surface area contributed by atoms with E-state index in [2.05, 4.69) is 29.0 Å². The van der Waals surface area contributed by atoms with Crippen molar-refractivity contribution in [1.82, 2.24) is 14.7 Å². The monoisotopic (exact) mass is 264 g/mol. The van der Waals surface area contributed by atoms with Gasteiger partial charge in [0.15, 0.2) is 4.96 Å². The van der Waals surface area contributed by atoms with Crippen molar-refractivity contribution in [2.45, 2.75) is 25.9 Å². The second-order valence-electron chi connectivity index (χ2n) is 4.88. The maximum atomic E-state index is 11.7. The van der Waals surface area contributed by atoms with Crippen molar-refractivity contribution in [3.8, 4) is 0 Å². The maximum Gasteiger partial charge on any atom is 0.258 e. The molecule has 0 bridgehead atoms. The number of rotatable bonds is 1. The van der Waals surface area contributed by atoms with Crippen LogP contribution in [0.5, 0.6) is 0 Å². The Bertz CT molecular complexity index is 610. The molecule has 2 aromatic rings. The van der Waals surface area contributed by atoms with Crippen LogP contribution in [0.3, 0.4) is 0 Å². The van der Waals surface area contributed by atoms with Crippen LogP contribution in [0.25, 0.3) is 4.96 Å². The minimum absolute atomic E-state index is 0.0151. The molecule has 1 aliphatic rings. The highest BCUT2D eigenvalue weighted by molar-refractivity contribution is 7.20. The minimum atomic E-state index is -0.0151. The Morgan fingerprint density at radius 1 is 1.39 bits per heavy atom. The van der Waals surface area contributed by atoms with Gasteiger partial charge in [0.25, 0.3) is 5.56 Å². The van der Waals surface area contributed by atoms with Crippen LogP contribution in [0.4, 0.5) is 5.00 Å². The minimum Gasteiger partial charge on any atom is -0.359 e. The molecule has 0 spiro atoms. The molecule has 1 saturated heterocycles. The predicted molar refractivity (Wildman–Crippen MR) is 73.6 cm³/mol. The average molecular weight is 264 g/mol. The summed E-state index contributed by atoms with van der Waals surface area (Å²) in [4.78, 5) is 19.0. The summed E-state index contributed by atoms with van der Waals surface area (Å²) in [5.74, 6) is 0. The fourth-order valence-electron chi connectivity index (χ4n) is 2.48. The number of nitrogens with zero attached hydrogens (tertiary/aromatic N) is 3. The molecule has 3 rings (SSSR count). The molecule has 3 heterocycles. The third-order valence-electron chi connectivity index (χ3n) is 3.15. The maximum absolute atomic E-state index is 11.7. The number of piperazine rings is 1. The number of fused-ring (bicyclic) bond motifs is 1. The van der Waals surface area contributed by atoms with Crippen LogP contribution >= 0.6 is 11.3 Å². The smallest absolute Gasteiger partial charge is 0.258 e. The molecule has 96 valence electrons. The molecule has 0 radical (unpaired) electrons. The van der Waals surface area contributed by atoms with Crippen LogP contribution in [0.1, 0.15) is 13.8 Å². The van der Waals surface area contributed by atoms with Gasteiger partial charge in [-0.05, 0) is 13.8 Å². The Kier molecular flexibility index (Phi) is 2.83. The molecule has 5 nitrogen and oxygen atoms in total. The molecule has 2 unspecified atom stereocenters. The molecule has 2 atom stereocenters. The number of thiazole rings is 1. The van der Waals surface area contributed by atoms with Crippen LogP contribution in [0.15, 0.2) is 23.3 Å². The molecular weight excluding hydrogens is 248 g/mol. The highest BCUT2D eigenvalue weighted by Gasteiger charge is 2.22. The van der Waals surface area contributed by atoms with Crippen molar-refractivity contribution in [1.29, 1.82) is 0 Å². The first-order valence-electron chi connectivity index (χ1n) is 6.11. The van der Waals surface area contributed by atoms with E-state index in [9.17, 15) is 4.79 Å². The van der Waals surface area contributed by atoms with Gasteiger partial charge in [-0.3, -0.25) is 9.20 Å². The second kappa shape index (κ2) is 4.37. The van der Waals surface area contributed by atoms with Gasteiger partial charge in [0.2, 0.25) is 0 Å². The molecule has 1 aliphatic heterocycles. The summed E-state index contributed by atoms with van der Waals surface area (Å²) < 4.78 is 1.62. The Morgan fingerprint density at radius 3 is 2.78 bits per heavy atom. The number of nitrogens with one attached hydrogen (secondary N) is 1. The molecule has 2 aromatic heterocycles. The van der Waals surface area contributed by atoms with E-state index < -0.39 is 0 Å². The third kappa shape index (κ3) is 2.02. The molecule has 0 aromatic carbocycles. The van der Waals surface area contributed by atoms with Gasteiger partial charge in [-0.15, -0.1) is 0 Å². The van der Waals surface area contributed by atoms with Crippen LogP contribution in [-0.4, -0.2) is 34.6 Å². The van der Waals surface area contributed by atoms with E-state index in [4.69, 9.17) is 0 Å². The summed E-state index contributed by atoms with van der Waals surface area (Å²) in [6.07, 6.45) is 3.47. The molecule has 0 saturated carbocycles. The first kappa shape index (κ1) is 11.7. The van der Waals surface area contributed by atoms with Crippen molar-refractivity contribution >= 4 is 21.3 Å².